The van der Waals surface area contributed by atoms with Crippen LogP contribution in [0.3, 0.4) is 0 Å². The summed E-state index contributed by atoms with van der Waals surface area (Å²) >= 11 is 0. The monoisotopic (exact) mass is 1060 g/mol. The van der Waals surface area contributed by atoms with E-state index in [0.717, 1.165) is 12.8 Å². The molecule has 1 aromatic heterocycles. The van der Waals surface area contributed by atoms with E-state index in [1.807, 2.05) is 45.0 Å². The molecule has 0 bridgehead atoms. The zero-order valence-electron chi connectivity index (χ0n) is 47.3. The minimum absolute atomic E-state index is 0.0418. The maximum absolute atomic E-state index is 14.8. The Balaban J connectivity index is 1.59. The molecule has 18 atom stereocenters. The van der Waals surface area contributed by atoms with E-state index < -0.39 is 126 Å². The molecular weight excluding hydrogens is 971 g/mol. The largest absolute Gasteiger partial charge is 0.459 e. The average molecular weight is 1060 g/mol. The molecule has 1 saturated carbocycles. The van der Waals surface area contributed by atoms with Crippen molar-refractivity contribution in [3.05, 3.63) is 30.1 Å². The molecule has 428 valence electrons. The number of aliphatic hydroxyl groups excluding tert-OH is 1. The van der Waals surface area contributed by atoms with E-state index in [2.05, 4.69) is 21.0 Å². The first-order valence-electron chi connectivity index (χ1n) is 27.5. The van der Waals surface area contributed by atoms with Crippen molar-refractivity contribution in [2.24, 2.45) is 34.7 Å². The third-order valence-corrected chi connectivity index (χ3v) is 16.3. The van der Waals surface area contributed by atoms with Crippen molar-refractivity contribution >= 4 is 23.7 Å². The summed E-state index contributed by atoms with van der Waals surface area (Å²) in [5, 5.41) is 42.5. The lowest BCUT2D eigenvalue weighted by Crippen LogP contribution is -2.62. The molecule has 1 aliphatic carbocycles. The van der Waals surface area contributed by atoms with Crippen molar-refractivity contribution in [2.45, 2.75) is 238 Å². The first kappa shape index (κ1) is 62.3. The number of carbonyl (C=O) groups is 3. The standard InChI is InChI=1S/C55H93N5O15/c1-15-42-55(11,66)47(62)34(4)44(59-68-27-21-24-39-22-17-16-18-23-39)32(2)29-53(9,65)48(35(5)45(36(6)50(63)72-42)73-43-30-54(10,67-14)49(37(7)70-43)71-38(8)61)75-51-46(41(60(12)13)28-33(3)69-51)74-52(64)58-57-31-40-25-19-20-26-56-40/h19-20,25-26,32-37,39,41-43,45-49,51,57,62,65-66H,15-18,21-24,27-31H2,1-14H3,(H,58,64)/b59-44+/t32-,33-,34-,35+,36-,37+,41+,42+,43+,45+,46-,47-,48-,49+,51+,53?,54-,55-/m1/s1. The number of hydrogen-bond donors (Lipinski definition) is 5. The zero-order chi connectivity index (χ0) is 55.4. The summed E-state index contributed by atoms with van der Waals surface area (Å²) in [6.07, 6.45) is -1.12. The van der Waals surface area contributed by atoms with Crippen molar-refractivity contribution in [3.63, 3.8) is 0 Å². The van der Waals surface area contributed by atoms with Crippen molar-refractivity contribution in [3.8, 4) is 0 Å². The number of hydrazine groups is 1. The number of hydrogen-bond acceptors (Lipinski definition) is 19. The number of esters is 2. The first-order valence-corrected chi connectivity index (χ1v) is 27.5. The van der Waals surface area contributed by atoms with Gasteiger partial charge in [0.1, 0.15) is 23.9 Å². The summed E-state index contributed by atoms with van der Waals surface area (Å²) in [7, 11) is 5.24. The summed E-state index contributed by atoms with van der Waals surface area (Å²) in [5.41, 5.74) is 1.62. The minimum Gasteiger partial charge on any atom is -0.459 e. The molecule has 0 spiro atoms. The van der Waals surface area contributed by atoms with Gasteiger partial charge in [-0.25, -0.2) is 10.2 Å². The van der Waals surface area contributed by atoms with Crippen LogP contribution in [0, 0.1) is 29.6 Å². The van der Waals surface area contributed by atoms with E-state index >= 15 is 0 Å². The first-order chi connectivity index (χ1) is 35.3. The molecule has 0 aromatic carbocycles. The molecule has 0 radical (unpaired) electrons. The van der Waals surface area contributed by atoms with Gasteiger partial charge in [-0.1, -0.05) is 71.0 Å². The van der Waals surface area contributed by atoms with Crippen LogP contribution in [0.2, 0.25) is 0 Å². The van der Waals surface area contributed by atoms with Gasteiger partial charge in [0.05, 0.1) is 66.0 Å². The molecule has 1 unspecified atom stereocenters. The maximum Gasteiger partial charge on any atom is 0.422 e. The molecule has 5 N–H and O–H groups in total. The van der Waals surface area contributed by atoms with Gasteiger partial charge in [0.25, 0.3) is 0 Å². The Labute approximate surface area is 445 Å². The molecule has 4 fully saturated rings. The van der Waals surface area contributed by atoms with E-state index in [1.54, 1.807) is 60.7 Å². The third-order valence-electron chi connectivity index (χ3n) is 16.3. The minimum atomic E-state index is -1.98. The van der Waals surface area contributed by atoms with E-state index in [0.29, 0.717) is 30.4 Å². The highest BCUT2D eigenvalue weighted by molar-refractivity contribution is 5.88. The molecule has 20 heteroatoms. The number of rotatable bonds is 17. The summed E-state index contributed by atoms with van der Waals surface area (Å²) in [5.74, 6) is -4.17. The number of nitrogens with zero attached hydrogens (tertiary/aromatic N) is 3. The fourth-order valence-corrected chi connectivity index (χ4v) is 12.0. The second-order valence-electron chi connectivity index (χ2n) is 22.8. The van der Waals surface area contributed by atoms with Crippen molar-refractivity contribution < 1.29 is 72.4 Å². The Bertz CT molecular complexity index is 1970. The molecule has 1 amide bonds. The molecule has 4 heterocycles. The number of oxime groups is 1. The number of aliphatic hydroxyl groups is 3. The highest BCUT2D eigenvalue weighted by Crippen LogP contribution is 2.42. The smallest absolute Gasteiger partial charge is 0.422 e. The number of ether oxygens (including phenoxy) is 8. The van der Waals surface area contributed by atoms with Crippen molar-refractivity contribution in [1.29, 1.82) is 0 Å². The average Bonchev–Trinajstić information content (AvgIpc) is 3.35. The molecular formula is C55H93N5O15. The van der Waals surface area contributed by atoms with E-state index in [-0.39, 0.29) is 25.8 Å². The van der Waals surface area contributed by atoms with Gasteiger partial charge in [-0.05, 0) is 106 Å². The van der Waals surface area contributed by atoms with E-state index in [1.165, 1.54) is 53.1 Å². The number of amides is 1. The molecule has 20 nitrogen and oxygen atoms in total. The van der Waals surface area contributed by atoms with Crippen molar-refractivity contribution in [2.75, 3.05) is 27.8 Å². The van der Waals surface area contributed by atoms with Gasteiger partial charge in [0.15, 0.2) is 24.8 Å². The van der Waals surface area contributed by atoms with E-state index in [4.69, 9.17) is 42.7 Å². The van der Waals surface area contributed by atoms with Gasteiger partial charge in [0.2, 0.25) is 0 Å². The number of likely N-dealkylation sites (N-methyl/N-ethyl adjacent to an activating group) is 1. The number of cyclic esters (lactones) is 1. The van der Waals surface area contributed by atoms with E-state index in [9.17, 15) is 29.7 Å². The highest BCUT2D eigenvalue weighted by atomic mass is 16.7. The van der Waals surface area contributed by atoms with Gasteiger partial charge < -0.3 is 63.0 Å². The maximum atomic E-state index is 14.8. The number of pyridine rings is 1. The Hall–Kier alpha value is -3.57. The van der Waals surface area contributed by atoms with Crippen LogP contribution in [0.5, 0.6) is 0 Å². The molecule has 3 saturated heterocycles. The number of nitrogens with one attached hydrogen (secondary N) is 2. The predicted molar refractivity (Wildman–Crippen MR) is 278 cm³/mol. The quantitative estimate of drug-likeness (QED) is 0.0493. The summed E-state index contributed by atoms with van der Waals surface area (Å²) < 4.78 is 51.2. The van der Waals surface area contributed by atoms with Crippen LogP contribution < -0.4 is 10.9 Å². The molecule has 1 aromatic rings. The molecule has 5 rings (SSSR count). The van der Waals surface area contributed by atoms with Crippen LogP contribution in [0.1, 0.15) is 152 Å². The highest BCUT2D eigenvalue weighted by Gasteiger charge is 2.55. The lowest BCUT2D eigenvalue weighted by atomic mass is 9.73. The SMILES string of the molecule is CC[C@@H]1OC(=O)[C@H](C)[C@@H](O[C@H]2C[C@@](C)(OC)[C@@H](OC(C)=O)[C@H](C)O2)[C@H](C)[C@@H](O[C@@H]2O[C@H](C)C[C@H](N(C)C)[C@H]2OC(=O)NNCc2ccccn2)C(C)(O)C[C@@H](C)/C(=N\OCCCC2CCCCC2)[C@@H](C)[C@@H](O)[C@]1(C)O. The second kappa shape index (κ2) is 27.8. The van der Waals surface area contributed by atoms with Crippen LogP contribution in [0.25, 0.3) is 0 Å². The Morgan fingerprint density at radius 2 is 1.64 bits per heavy atom. The fourth-order valence-electron chi connectivity index (χ4n) is 12.0. The normalized spacial score (nSPS) is 39.3. The van der Waals surface area contributed by atoms with Crippen LogP contribution in [-0.4, -0.2) is 161 Å². The summed E-state index contributed by atoms with van der Waals surface area (Å²) in [6.45, 7) is 19.1. The van der Waals surface area contributed by atoms with Crippen LogP contribution >= 0.6 is 0 Å². The Kier molecular flexibility index (Phi) is 23.1. The summed E-state index contributed by atoms with van der Waals surface area (Å²) in [4.78, 5) is 53.1. The van der Waals surface area contributed by atoms with Crippen LogP contribution in [0.4, 0.5) is 4.79 Å². The number of methoxy groups -OCH3 is 1. The van der Waals surface area contributed by atoms with Crippen LogP contribution in [-0.2, 0) is 58.9 Å². The van der Waals surface area contributed by atoms with Gasteiger partial charge in [0, 0.05) is 44.4 Å². The van der Waals surface area contributed by atoms with Gasteiger partial charge in [-0.2, -0.15) is 0 Å². The molecule has 4 aliphatic rings. The second-order valence-corrected chi connectivity index (χ2v) is 22.8. The Morgan fingerprint density at radius 1 is 0.933 bits per heavy atom. The lowest BCUT2D eigenvalue weighted by molar-refractivity contribution is -0.318. The van der Waals surface area contributed by atoms with Gasteiger partial charge in [-0.3, -0.25) is 20.0 Å². The van der Waals surface area contributed by atoms with Gasteiger partial charge in [-0.15, -0.1) is 0 Å². The number of carbonyl (C=O) groups excluding carboxylic acids is 3. The third kappa shape index (κ3) is 16.5. The number of aromatic nitrogens is 1. The topological polar surface area (TPSA) is 248 Å². The zero-order valence-corrected chi connectivity index (χ0v) is 47.3. The fraction of sp³-hybridized carbons (Fsp3) is 0.836. The van der Waals surface area contributed by atoms with Gasteiger partial charge >= 0.3 is 18.0 Å². The summed E-state index contributed by atoms with van der Waals surface area (Å²) in [6, 6.07) is 5.02. The lowest BCUT2D eigenvalue weighted by Gasteiger charge is -2.49. The molecule has 75 heavy (non-hydrogen) atoms. The Morgan fingerprint density at radius 3 is 2.27 bits per heavy atom. The predicted octanol–water partition coefficient (Wildman–Crippen LogP) is 6.35. The van der Waals surface area contributed by atoms with Crippen molar-refractivity contribution in [1.82, 2.24) is 20.7 Å². The molecule has 3 aliphatic heterocycles. The van der Waals surface area contributed by atoms with Crippen LogP contribution in [0.15, 0.2) is 29.6 Å².